The van der Waals surface area contributed by atoms with Gasteiger partial charge >= 0.3 is 0 Å². The Labute approximate surface area is 113 Å². The molecular weight excluding hydrogens is 224 g/mol. The van der Waals surface area contributed by atoms with Crippen LogP contribution in [0.5, 0.6) is 0 Å². The molecule has 3 nitrogen and oxygen atoms in total. The third-order valence-corrected chi connectivity index (χ3v) is 4.46. The molecule has 1 N–H and O–H groups in total. The molecular formula is C15H32N2O. The molecule has 1 aliphatic carbocycles. The summed E-state index contributed by atoms with van der Waals surface area (Å²) in [6.45, 7) is 11.9. The lowest BCUT2D eigenvalue weighted by Gasteiger charge is -2.46. The number of hydrogen-bond acceptors (Lipinski definition) is 3. The molecule has 3 heteroatoms. The van der Waals surface area contributed by atoms with Crippen molar-refractivity contribution in [1.82, 2.24) is 10.2 Å². The molecule has 0 aliphatic heterocycles. The normalized spacial score (nSPS) is 20.8. The van der Waals surface area contributed by atoms with Crippen LogP contribution >= 0.6 is 0 Å². The summed E-state index contributed by atoms with van der Waals surface area (Å²) in [4.78, 5) is 2.64. The third-order valence-electron chi connectivity index (χ3n) is 4.46. The minimum absolute atomic E-state index is 0.313. The fraction of sp³-hybridized carbons (Fsp3) is 1.00. The van der Waals surface area contributed by atoms with Crippen molar-refractivity contribution in [2.24, 2.45) is 0 Å². The predicted octanol–water partition coefficient (Wildman–Crippen LogP) is 2.65. The highest BCUT2D eigenvalue weighted by molar-refractivity contribution is 5.03. The van der Waals surface area contributed by atoms with E-state index >= 15 is 0 Å². The molecule has 1 unspecified atom stereocenters. The molecule has 1 atom stereocenters. The average Bonchev–Trinajstić information content (AvgIpc) is 2.81. The standard InChI is InChI=1S/C15H32N2O/c1-6-17(7-2)15(10-8-9-11-15)14(16-5)12-18-13(3)4/h13-14,16H,6-12H2,1-5H3. The fourth-order valence-electron chi connectivity index (χ4n) is 3.52. The quantitative estimate of drug-likeness (QED) is 0.722. The summed E-state index contributed by atoms with van der Waals surface area (Å²) >= 11 is 0. The van der Waals surface area contributed by atoms with Gasteiger partial charge in [0.05, 0.1) is 12.7 Å². The first-order chi connectivity index (χ1) is 8.60. The molecule has 1 fully saturated rings. The second-order valence-corrected chi connectivity index (χ2v) is 5.71. The van der Waals surface area contributed by atoms with Gasteiger partial charge in [-0.1, -0.05) is 26.7 Å². The molecule has 108 valence electrons. The van der Waals surface area contributed by atoms with Crippen molar-refractivity contribution in [3.63, 3.8) is 0 Å². The van der Waals surface area contributed by atoms with Gasteiger partial charge in [0.1, 0.15) is 0 Å². The maximum Gasteiger partial charge on any atom is 0.0641 e. The highest BCUT2D eigenvalue weighted by atomic mass is 16.5. The molecule has 0 aromatic heterocycles. The van der Waals surface area contributed by atoms with Crippen LogP contribution in [0, 0.1) is 0 Å². The molecule has 0 aromatic carbocycles. The van der Waals surface area contributed by atoms with Crippen LogP contribution in [-0.4, -0.2) is 49.3 Å². The van der Waals surface area contributed by atoms with Crippen LogP contribution in [0.3, 0.4) is 0 Å². The minimum Gasteiger partial charge on any atom is -0.377 e. The number of rotatable bonds is 8. The lowest BCUT2D eigenvalue weighted by atomic mass is 9.86. The smallest absolute Gasteiger partial charge is 0.0641 e. The van der Waals surface area contributed by atoms with Crippen molar-refractivity contribution in [3.05, 3.63) is 0 Å². The van der Waals surface area contributed by atoms with E-state index in [0.29, 0.717) is 17.7 Å². The first-order valence-corrected chi connectivity index (χ1v) is 7.64. The first kappa shape index (κ1) is 15.9. The van der Waals surface area contributed by atoms with E-state index in [9.17, 15) is 0 Å². The molecule has 0 radical (unpaired) electrons. The van der Waals surface area contributed by atoms with Crippen molar-refractivity contribution in [2.45, 2.75) is 71.1 Å². The van der Waals surface area contributed by atoms with Crippen LogP contribution in [0.15, 0.2) is 0 Å². The Bertz CT molecular complexity index is 221. The lowest BCUT2D eigenvalue weighted by molar-refractivity contribution is -0.00370. The van der Waals surface area contributed by atoms with Crippen LogP contribution in [-0.2, 0) is 4.74 Å². The Morgan fingerprint density at radius 1 is 1.17 bits per heavy atom. The molecule has 0 spiro atoms. The molecule has 1 aliphatic rings. The van der Waals surface area contributed by atoms with Gasteiger partial charge in [-0.05, 0) is 46.8 Å². The average molecular weight is 256 g/mol. The zero-order valence-electron chi connectivity index (χ0n) is 13.0. The summed E-state index contributed by atoms with van der Waals surface area (Å²) in [5.74, 6) is 0. The van der Waals surface area contributed by atoms with E-state index in [1.807, 2.05) is 0 Å². The van der Waals surface area contributed by atoms with E-state index < -0.39 is 0 Å². The highest BCUT2D eigenvalue weighted by Crippen LogP contribution is 2.38. The van der Waals surface area contributed by atoms with Gasteiger partial charge in [-0.2, -0.15) is 0 Å². The van der Waals surface area contributed by atoms with Crippen molar-refractivity contribution in [2.75, 3.05) is 26.7 Å². The van der Waals surface area contributed by atoms with Crippen molar-refractivity contribution in [1.29, 1.82) is 0 Å². The van der Waals surface area contributed by atoms with E-state index in [1.165, 1.54) is 25.7 Å². The summed E-state index contributed by atoms with van der Waals surface area (Å²) in [7, 11) is 2.08. The maximum absolute atomic E-state index is 5.88. The summed E-state index contributed by atoms with van der Waals surface area (Å²) in [6.07, 6.45) is 5.65. The second-order valence-electron chi connectivity index (χ2n) is 5.71. The van der Waals surface area contributed by atoms with Crippen LogP contribution < -0.4 is 5.32 Å². The molecule has 18 heavy (non-hydrogen) atoms. The SMILES string of the molecule is CCN(CC)C1(C(COC(C)C)NC)CCCC1. The number of ether oxygens (including phenoxy) is 1. The predicted molar refractivity (Wildman–Crippen MR) is 78.1 cm³/mol. The van der Waals surface area contributed by atoms with Gasteiger partial charge in [0.2, 0.25) is 0 Å². The van der Waals surface area contributed by atoms with Gasteiger partial charge in [-0.15, -0.1) is 0 Å². The van der Waals surface area contributed by atoms with E-state index in [2.05, 4.69) is 45.0 Å². The third kappa shape index (κ3) is 3.46. The van der Waals surface area contributed by atoms with Crippen LogP contribution in [0.1, 0.15) is 53.4 Å². The number of hydrogen-bond donors (Lipinski definition) is 1. The van der Waals surface area contributed by atoms with E-state index in [-0.39, 0.29) is 0 Å². The van der Waals surface area contributed by atoms with E-state index in [0.717, 1.165) is 19.7 Å². The zero-order chi connectivity index (χ0) is 13.6. The molecule has 0 amide bonds. The number of nitrogens with zero attached hydrogens (tertiary/aromatic N) is 1. The zero-order valence-corrected chi connectivity index (χ0v) is 13.0. The Hall–Kier alpha value is -0.120. The van der Waals surface area contributed by atoms with Crippen molar-refractivity contribution >= 4 is 0 Å². The fourth-order valence-corrected chi connectivity index (χ4v) is 3.52. The largest absolute Gasteiger partial charge is 0.377 e. The minimum atomic E-state index is 0.313. The molecule has 0 saturated heterocycles. The van der Waals surface area contributed by atoms with E-state index in [1.54, 1.807) is 0 Å². The Balaban J connectivity index is 2.79. The second kappa shape index (κ2) is 7.46. The molecule has 0 heterocycles. The summed E-state index contributed by atoms with van der Waals surface area (Å²) in [6, 6.07) is 0.447. The van der Waals surface area contributed by atoms with E-state index in [4.69, 9.17) is 4.74 Å². The molecule has 0 aromatic rings. The van der Waals surface area contributed by atoms with Crippen molar-refractivity contribution in [3.8, 4) is 0 Å². The molecule has 1 rings (SSSR count). The van der Waals surface area contributed by atoms with Gasteiger partial charge < -0.3 is 10.1 Å². The summed E-state index contributed by atoms with van der Waals surface area (Å²) in [5, 5.41) is 3.52. The van der Waals surface area contributed by atoms with Crippen molar-refractivity contribution < 1.29 is 4.74 Å². The molecule has 1 saturated carbocycles. The Morgan fingerprint density at radius 3 is 2.11 bits per heavy atom. The number of likely N-dealkylation sites (N-methyl/N-ethyl adjacent to an activating group) is 2. The summed E-state index contributed by atoms with van der Waals surface area (Å²) < 4.78 is 5.88. The van der Waals surface area contributed by atoms with Gasteiger partial charge in [0.15, 0.2) is 0 Å². The monoisotopic (exact) mass is 256 g/mol. The van der Waals surface area contributed by atoms with Crippen LogP contribution in [0.4, 0.5) is 0 Å². The Morgan fingerprint density at radius 2 is 1.72 bits per heavy atom. The first-order valence-electron chi connectivity index (χ1n) is 7.64. The number of nitrogens with one attached hydrogen (secondary N) is 1. The highest BCUT2D eigenvalue weighted by Gasteiger charge is 2.44. The lowest BCUT2D eigenvalue weighted by Crippen LogP contribution is -2.61. The summed E-state index contributed by atoms with van der Waals surface area (Å²) in [5.41, 5.74) is 0.313. The Kier molecular flexibility index (Phi) is 6.61. The van der Waals surface area contributed by atoms with Gasteiger partial charge in [-0.3, -0.25) is 4.90 Å². The van der Waals surface area contributed by atoms with Gasteiger partial charge in [0.25, 0.3) is 0 Å². The van der Waals surface area contributed by atoms with Crippen LogP contribution in [0.25, 0.3) is 0 Å². The van der Waals surface area contributed by atoms with Gasteiger partial charge in [0, 0.05) is 11.6 Å². The van der Waals surface area contributed by atoms with Gasteiger partial charge in [-0.25, -0.2) is 0 Å². The maximum atomic E-state index is 5.88. The topological polar surface area (TPSA) is 24.5 Å². The van der Waals surface area contributed by atoms with Crippen LogP contribution in [0.2, 0.25) is 0 Å². The molecule has 0 bridgehead atoms.